The Bertz CT molecular complexity index is 418. The first-order valence-electron chi connectivity index (χ1n) is 6.69. The molecular formula is C15H22N2O. The van der Waals surface area contributed by atoms with Gasteiger partial charge in [-0.1, -0.05) is 43.7 Å². The van der Waals surface area contributed by atoms with Crippen LogP contribution in [0, 0.1) is 5.92 Å². The zero-order valence-electron chi connectivity index (χ0n) is 11.1. The second kappa shape index (κ2) is 5.11. The number of benzene rings is 1. The maximum Gasteiger partial charge on any atom is 0.238 e. The number of primary amides is 1. The number of rotatable bonds is 4. The maximum absolute atomic E-state index is 11.9. The van der Waals surface area contributed by atoms with Crippen LogP contribution < -0.4 is 11.1 Å². The predicted octanol–water partition coefficient (Wildman–Crippen LogP) is 2.38. The van der Waals surface area contributed by atoms with Gasteiger partial charge in [-0.25, -0.2) is 0 Å². The Labute approximate surface area is 109 Å². The van der Waals surface area contributed by atoms with Crippen LogP contribution in [-0.4, -0.2) is 11.4 Å². The summed E-state index contributed by atoms with van der Waals surface area (Å²) in [5, 5.41) is 3.48. The van der Waals surface area contributed by atoms with Crippen LogP contribution >= 0.6 is 0 Å². The number of hydrogen-bond acceptors (Lipinski definition) is 2. The van der Waals surface area contributed by atoms with Gasteiger partial charge in [-0.05, 0) is 31.2 Å². The first kappa shape index (κ1) is 13.1. The molecule has 0 spiro atoms. The standard InChI is InChI=1S/C15H22N2O/c1-11-7-6-10-15(11,14(16)18)17-12(2)13-8-4-3-5-9-13/h3-5,8-9,11-12,17H,6-7,10H2,1-2H3,(H2,16,18)/t11-,12+,15-/m0/s1. The first-order chi connectivity index (χ1) is 8.56. The summed E-state index contributed by atoms with van der Waals surface area (Å²) in [5.74, 6) is 0.0939. The van der Waals surface area contributed by atoms with Crippen molar-refractivity contribution in [3.8, 4) is 0 Å². The van der Waals surface area contributed by atoms with E-state index in [2.05, 4.69) is 31.3 Å². The topological polar surface area (TPSA) is 55.1 Å². The molecule has 1 saturated carbocycles. The van der Waals surface area contributed by atoms with Crippen molar-refractivity contribution in [2.75, 3.05) is 0 Å². The second-order valence-electron chi connectivity index (χ2n) is 5.41. The van der Waals surface area contributed by atoms with Gasteiger partial charge >= 0.3 is 0 Å². The maximum atomic E-state index is 11.9. The molecule has 0 saturated heterocycles. The molecule has 3 heteroatoms. The molecule has 0 aliphatic heterocycles. The van der Waals surface area contributed by atoms with Crippen molar-refractivity contribution >= 4 is 5.91 Å². The monoisotopic (exact) mass is 246 g/mol. The van der Waals surface area contributed by atoms with Crippen molar-refractivity contribution in [3.63, 3.8) is 0 Å². The van der Waals surface area contributed by atoms with Crippen LogP contribution in [0.4, 0.5) is 0 Å². The second-order valence-corrected chi connectivity index (χ2v) is 5.41. The molecule has 3 N–H and O–H groups in total. The first-order valence-corrected chi connectivity index (χ1v) is 6.69. The Kier molecular flexibility index (Phi) is 3.71. The van der Waals surface area contributed by atoms with Crippen LogP contribution in [0.3, 0.4) is 0 Å². The minimum Gasteiger partial charge on any atom is -0.368 e. The van der Waals surface area contributed by atoms with Crippen LogP contribution in [-0.2, 0) is 4.79 Å². The van der Waals surface area contributed by atoms with E-state index in [4.69, 9.17) is 5.73 Å². The van der Waals surface area contributed by atoms with E-state index in [1.54, 1.807) is 0 Å². The van der Waals surface area contributed by atoms with E-state index in [9.17, 15) is 4.79 Å². The largest absolute Gasteiger partial charge is 0.368 e. The molecule has 1 amide bonds. The number of nitrogens with one attached hydrogen (secondary N) is 1. The molecule has 1 aromatic carbocycles. The summed E-state index contributed by atoms with van der Waals surface area (Å²) in [4.78, 5) is 11.9. The number of nitrogens with two attached hydrogens (primary N) is 1. The molecule has 0 radical (unpaired) electrons. The Hall–Kier alpha value is -1.35. The SMILES string of the molecule is C[C@@H](N[C@@]1(C(N)=O)CCC[C@@H]1C)c1ccccc1. The lowest BCUT2D eigenvalue weighted by Crippen LogP contribution is -2.57. The molecule has 1 aliphatic rings. The molecule has 0 bridgehead atoms. The molecule has 0 aromatic heterocycles. The summed E-state index contributed by atoms with van der Waals surface area (Å²) in [6.45, 7) is 4.20. The molecule has 3 atom stereocenters. The van der Waals surface area contributed by atoms with E-state index in [0.717, 1.165) is 19.3 Å². The highest BCUT2D eigenvalue weighted by Gasteiger charge is 2.45. The Morgan fingerprint density at radius 2 is 2.11 bits per heavy atom. The summed E-state index contributed by atoms with van der Waals surface area (Å²) < 4.78 is 0. The van der Waals surface area contributed by atoms with Crippen LogP contribution in [0.1, 0.15) is 44.7 Å². The molecule has 1 aromatic rings. The van der Waals surface area contributed by atoms with E-state index in [1.165, 1.54) is 5.56 Å². The van der Waals surface area contributed by atoms with Crippen LogP contribution in [0.2, 0.25) is 0 Å². The summed E-state index contributed by atoms with van der Waals surface area (Å²) in [6, 6.07) is 10.3. The van der Waals surface area contributed by atoms with E-state index >= 15 is 0 Å². The fourth-order valence-corrected chi connectivity index (χ4v) is 3.04. The van der Waals surface area contributed by atoms with Crippen molar-refractivity contribution in [2.45, 2.75) is 44.7 Å². The lowest BCUT2D eigenvalue weighted by atomic mass is 9.86. The summed E-state index contributed by atoms with van der Waals surface area (Å²) in [6.07, 6.45) is 2.98. The van der Waals surface area contributed by atoms with Gasteiger partial charge in [0.05, 0.1) is 0 Å². The smallest absolute Gasteiger partial charge is 0.238 e. The molecular weight excluding hydrogens is 224 g/mol. The highest BCUT2D eigenvalue weighted by atomic mass is 16.1. The Balaban J connectivity index is 2.18. The lowest BCUT2D eigenvalue weighted by Gasteiger charge is -2.35. The van der Waals surface area contributed by atoms with Gasteiger partial charge in [-0.3, -0.25) is 10.1 Å². The highest BCUT2D eigenvalue weighted by molar-refractivity contribution is 5.85. The lowest BCUT2D eigenvalue weighted by molar-refractivity contribution is -0.126. The molecule has 2 rings (SSSR count). The van der Waals surface area contributed by atoms with Crippen LogP contribution in [0.5, 0.6) is 0 Å². The van der Waals surface area contributed by atoms with Crippen molar-refractivity contribution in [1.29, 1.82) is 0 Å². The fourth-order valence-electron chi connectivity index (χ4n) is 3.04. The van der Waals surface area contributed by atoms with Gasteiger partial charge in [0.1, 0.15) is 5.54 Å². The van der Waals surface area contributed by atoms with E-state index in [-0.39, 0.29) is 11.9 Å². The highest BCUT2D eigenvalue weighted by Crippen LogP contribution is 2.37. The number of hydrogen-bond donors (Lipinski definition) is 2. The van der Waals surface area contributed by atoms with Crippen LogP contribution in [0.15, 0.2) is 30.3 Å². The normalized spacial score (nSPS) is 29.1. The van der Waals surface area contributed by atoms with Gasteiger partial charge in [-0.15, -0.1) is 0 Å². The molecule has 0 heterocycles. The third-order valence-corrected chi connectivity index (χ3v) is 4.26. The number of carbonyl (C=O) groups is 1. The minimum absolute atomic E-state index is 0.138. The molecule has 0 unspecified atom stereocenters. The third kappa shape index (κ3) is 2.27. The van der Waals surface area contributed by atoms with Crippen molar-refractivity contribution < 1.29 is 4.79 Å². The van der Waals surface area contributed by atoms with Gasteiger partial charge in [0.15, 0.2) is 0 Å². The van der Waals surface area contributed by atoms with Crippen LogP contribution in [0.25, 0.3) is 0 Å². The van der Waals surface area contributed by atoms with E-state index in [1.807, 2.05) is 18.2 Å². The number of amides is 1. The van der Waals surface area contributed by atoms with E-state index in [0.29, 0.717) is 5.92 Å². The third-order valence-electron chi connectivity index (χ3n) is 4.26. The fraction of sp³-hybridized carbons (Fsp3) is 0.533. The van der Waals surface area contributed by atoms with Gasteiger partial charge in [0, 0.05) is 6.04 Å². The molecule has 1 fully saturated rings. The van der Waals surface area contributed by atoms with Crippen molar-refractivity contribution in [1.82, 2.24) is 5.32 Å². The average molecular weight is 246 g/mol. The Morgan fingerprint density at radius 3 is 2.61 bits per heavy atom. The zero-order valence-corrected chi connectivity index (χ0v) is 11.1. The average Bonchev–Trinajstić information content (AvgIpc) is 2.73. The Morgan fingerprint density at radius 1 is 1.44 bits per heavy atom. The minimum atomic E-state index is -0.532. The van der Waals surface area contributed by atoms with Crippen molar-refractivity contribution in [2.24, 2.45) is 11.7 Å². The molecule has 98 valence electrons. The zero-order chi connectivity index (χ0) is 13.2. The summed E-state index contributed by atoms with van der Waals surface area (Å²) in [7, 11) is 0. The summed E-state index contributed by atoms with van der Waals surface area (Å²) >= 11 is 0. The van der Waals surface area contributed by atoms with Gasteiger partial charge < -0.3 is 5.73 Å². The molecule has 18 heavy (non-hydrogen) atoms. The predicted molar refractivity (Wildman–Crippen MR) is 72.9 cm³/mol. The quantitative estimate of drug-likeness (QED) is 0.857. The number of carbonyl (C=O) groups excluding carboxylic acids is 1. The van der Waals surface area contributed by atoms with Gasteiger partial charge in [0.2, 0.25) is 5.91 Å². The van der Waals surface area contributed by atoms with Crippen molar-refractivity contribution in [3.05, 3.63) is 35.9 Å². The summed E-state index contributed by atoms with van der Waals surface area (Å²) in [5.41, 5.74) is 6.31. The van der Waals surface area contributed by atoms with Gasteiger partial charge in [-0.2, -0.15) is 0 Å². The molecule has 1 aliphatic carbocycles. The van der Waals surface area contributed by atoms with Gasteiger partial charge in [0.25, 0.3) is 0 Å². The molecule has 3 nitrogen and oxygen atoms in total. The van der Waals surface area contributed by atoms with E-state index < -0.39 is 5.54 Å².